The van der Waals surface area contributed by atoms with E-state index in [9.17, 15) is 19.8 Å². The first kappa shape index (κ1) is 33.2. The number of carbonyl (C=O) groups excluding carboxylic acids is 2. The van der Waals surface area contributed by atoms with Crippen molar-refractivity contribution in [2.24, 2.45) is 0 Å². The normalized spacial score (nSPS) is 13.6. The second kappa shape index (κ2) is 18.2. The highest BCUT2D eigenvalue weighted by molar-refractivity contribution is 5.68. The van der Waals surface area contributed by atoms with E-state index in [0.717, 1.165) is 22.3 Å². The minimum absolute atomic E-state index is 0.0734. The van der Waals surface area contributed by atoms with Crippen LogP contribution in [-0.4, -0.2) is 59.8 Å². The van der Waals surface area contributed by atoms with Crippen LogP contribution in [0, 0.1) is 0 Å². The minimum atomic E-state index is -1.00. The molecule has 0 heterocycles. The third kappa shape index (κ3) is 12.1. The quantitative estimate of drug-likeness (QED) is 0.127. The summed E-state index contributed by atoms with van der Waals surface area (Å²) in [6.45, 7) is 0.359. The Morgan fingerprint density at radius 3 is 1.16 bits per heavy atom. The molecule has 4 aromatic rings. The van der Waals surface area contributed by atoms with Crippen molar-refractivity contribution < 1.29 is 29.3 Å². The van der Waals surface area contributed by atoms with Gasteiger partial charge in [0.05, 0.1) is 24.3 Å². The SMILES string of the molecule is O=C(N[C@H](Cc1ccccc1)[C@@H](O)CNC[C@H](O)[C@@H](Cc1ccccc1)NC(=O)OCc1ccccc1)OCc1ccccc1. The van der Waals surface area contributed by atoms with E-state index in [2.05, 4.69) is 16.0 Å². The van der Waals surface area contributed by atoms with Crippen LogP contribution in [0.4, 0.5) is 9.59 Å². The van der Waals surface area contributed by atoms with Gasteiger partial charge >= 0.3 is 12.2 Å². The van der Waals surface area contributed by atoms with E-state index in [1.54, 1.807) is 0 Å². The summed E-state index contributed by atoms with van der Waals surface area (Å²) in [5, 5.41) is 30.9. The Bertz CT molecular complexity index is 1300. The third-order valence-corrected chi connectivity index (χ3v) is 7.26. The Morgan fingerprint density at radius 1 is 0.511 bits per heavy atom. The molecule has 5 N–H and O–H groups in total. The standard InChI is InChI=1S/C36H41N3O6/c40-33(31(21-27-13-5-1-6-14-27)38-35(42)44-25-29-17-9-3-10-18-29)23-37-24-34(41)32(22-28-15-7-2-8-16-28)39-36(43)45-26-30-19-11-4-12-20-30/h1-20,31-34,37,40-41H,21-26H2,(H,38,42)(H,39,43)/t31-,32-,33+,34+/m1/s1. The van der Waals surface area contributed by atoms with Gasteiger partial charge in [-0.3, -0.25) is 0 Å². The molecule has 45 heavy (non-hydrogen) atoms. The first-order valence-electron chi connectivity index (χ1n) is 15.1. The Kier molecular flexibility index (Phi) is 13.4. The molecule has 0 aromatic heterocycles. The van der Waals surface area contributed by atoms with E-state index in [1.807, 2.05) is 121 Å². The third-order valence-electron chi connectivity index (χ3n) is 7.26. The van der Waals surface area contributed by atoms with Crippen LogP contribution in [0.25, 0.3) is 0 Å². The van der Waals surface area contributed by atoms with Crippen molar-refractivity contribution in [2.75, 3.05) is 13.1 Å². The number of aliphatic hydroxyl groups excluding tert-OH is 2. The summed E-state index contributed by atoms with van der Waals surface area (Å²) in [7, 11) is 0. The zero-order valence-corrected chi connectivity index (χ0v) is 25.1. The molecule has 4 atom stereocenters. The fraction of sp³-hybridized carbons (Fsp3) is 0.278. The van der Waals surface area contributed by atoms with Gasteiger partial charge in [0.15, 0.2) is 0 Å². The molecular formula is C36H41N3O6. The van der Waals surface area contributed by atoms with Gasteiger partial charge in [-0.25, -0.2) is 9.59 Å². The summed E-state index contributed by atoms with van der Waals surface area (Å²) in [4.78, 5) is 25.3. The van der Waals surface area contributed by atoms with E-state index in [1.165, 1.54) is 0 Å². The topological polar surface area (TPSA) is 129 Å². The number of amides is 2. The number of ether oxygens (including phenoxy) is 2. The molecule has 0 aliphatic heterocycles. The van der Waals surface area contributed by atoms with E-state index in [-0.39, 0.29) is 26.3 Å². The van der Waals surface area contributed by atoms with Crippen molar-refractivity contribution in [3.8, 4) is 0 Å². The van der Waals surface area contributed by atoms with Crippen LogP contribution in [0.5, 0.6) is 0 Å². The Hall–Kier alpha value is -4.70. The van der Waals surface area contributed by atoms with Crippen molar-refractivity contribution in [1.29, 1.82) is 0 Å². The number of carbonyl (C=O) groups is 2. The number of rotatable bonds is 16. The van der Waals surface area contributed by atoms with Gasteiger partial charge in [-0.05, 0) is 35.1 Å². The molecule has 4 aromatic carbocycles. The summed E-state index contributed by atoms with van der Waals surface area (Å²) in [5.41, 5.74) is 3.58. The number of benzene rings is 4. The second-order valence-corrected chi connectivity index (χ2v) is 10.8. The first-order valence-corrected chi connectivity index (χ1v) is 15.1. The average Bonchev–Trinajstić information content (AvgIpc) is 3.07. The van der Waals surface area contributed by atoms with E-state index < -0.39 is 36.5 Å². The number of alkyl carbamates (subject to hydrolysis) is 2. The molecule has 0 unspecified atom stereocenters. The Balaban J connectivity index is 1.32. The van der Waals surface area contributed by atoms with Gasteiger partial charge in [0.1, 0.15) is 13.2 Å². The highest BCUT2D eigenvalue weighted by atomic mass is 16.6. The number of hydrogen-bond acceptors (Lipinski definition) is 7. The van der Waals surface area contributed by atoms with Crippen LogP contribution < -0.4 is 16.0 Å². The molecular weight excluding hydrogens is 570 g/mol. The van der Waals surface area contributed by atoms with Crippen LogP contribution in [-0.2, 0) is 35.5 Å². The molecule has 9 heteroatoms. The smallest absolute Gasteiger partial charge is 0.407 e. The fourth-order valence-electron chi connectivity index (χ4n) is 4.80. The molecule has 0 saturated carbocycles. The average molecular weight is 612 g/mol. The molecule has 4 rings (SSSR count). The van der Waals surface area contributed by atoms with E-state index in [0.29, 0.717) is 12.8 Å². The summed E-state index contributed by atoms with van der Waals surface area (Å²) >= 11 is 0. The van der Waals surface area contributed by atoms with Crippen LogP contribution >= 0.6 is 0 Å². The van der Waals surface area contributed by atoms with Gasteiger partial charge in [-0.2, -0.15) is 0 Å². The molecule has 9 nitrogen and oxygen atoms in total. The summed E-state index contributed by atoms with van der Waals surface area (Å²) in [5.74, 6) is 0. The number of nitrogens with one attached hydrogen (secondary N) is 3. The summed E-state index contributed by atoms with van der Waals surface area (Å²) in [6, 6.07) is 36.4. The summed E-state index contributed by atoms with van der Waals surface area (Å²) in [6.07, 6.45) is -2.54. The lowest BCUT2D eigenvalue weighted by Crippen LogP contribution is -2.52. The lowest BCUT2D eigenvalue weighted by atomic mass is 10.00. The van der Waals surface area contributed by atoms with Crippen molar-refractivity contribution in [3.05, 3.63) is 144 Å². The fourth-order valence-corrected chi connectivity index (χ4v) is 4.80. The van der Waals surface area contributed by atoms with Crippen LogP contribution in [0.3, 0.4) is 0 Å². The monoisotopic (exact) mass is 611 g/mol. The maximum Gasteiger partial charge on any atom is 0.407 e. The highest BCUT2D eigenvalue weighted by Gasteiger charge is 2.25. The lowest BCUT2D eigenvalue weighted by Gasteiger charge is -2.27. The molecule has 0 aliphatic rings. The van der Waals surface area contributed by atoms with Gasteiger partial charge < -0.3 is 35.6 Å². The van der Waals surface area contributed by atoms with Crippen molar-refractivity contribution in [3.63, 3.8) is 0 Å². The van der Waals surface area contributed by atoms with Crippen molar-refractivity contribution in [1.82, 2.24) is 16.0 Å². The number of aliphatic hydroxyl groups is 2. The van der Waals surface area contributed by atoms with Crippen molar-refractivity contribution in [2.45, 2.75) is 50.3 Å². The molecule has 0 fully saturated rings. The Morgan fingerprint density at radius 2 is 0.822 bits per heavy atom. The second-order valence-electron chi connectivity index (χ2n) is 10.8. The molecule has 0 saturated heterocycles. The molecule has 0 bridgehead atoms. The van der Waals surface area contributed by atoms with Gasteiger partial charge in [0.2, 0.25) is 0 Å². The largest absolute Gasteiger partial charge is 0.445 e. The van der Waals surface area contributed by atoms with Gasteiger partial charge in [0, 0.05) is 13.1 Å². The molecule has 0 spiro atoms. The molecule has 236 valence electrons. The van der Waals surface area contributed by atoms with Crippen molar-refractivity contribution >= 4 is 12.2 Å². The predicted molar refractivity (Wildman–Crippen MR) is 172 cm³/mol. The maximum absolute atomic E-state index is 12.7. The van der Waals surface area contributed by atoms with Crippen LogP contribution in [0.15, 0.2) is 121 Å². The predicted octanol–water partition coefficient (Wildman–Crippen LogP) is 4.37. The number of hydrogen-bond donors (Lipinski definition) is 5. The van der Waals surface area contributed by atoms with Gasteiger partial charge in [0.25, 0.3) is 0 Å². The Labute approximate surface area is 264 Å². The van der Waals surface area contributed by atoms with Gasteiger partial charge in [-0.1, -0.05) is 121 Å². The van der Waals surface area contributed by atoms with E-state index in [4.69, 9.17) is 9.47 Å². The van der Waals surface area contributed by atoms with Gasteiger partial charge in [-0.15, -0.1) is 0 Å². The van der Waals surface area contributed by atoms with Crippen LogP contribution in [0.2, 0.25) is 0 Å². The molecule has 2 amide bonds. The first-order chi connectivity index (χ1) is 22.0. The van der Waals surface area contributed by atoms with Crippen LogP contribution in [0.1, 0.15) is 22.3 Å². The lowest BCUT2D eigenvalue weighted by molar-refractivity contribution is 0.0860. The maximum atomic E-state index is 12.7. The minimum Gasteiger partial charge on any atom is -0.445 e. The molecule has 0 radical (unpaired) electrons. The molecule has 0 aliphatic carbocycles. The highest BCUT2D eigenvalue weighted by Crippen LogP contribution is 2.10. The zero-order chi connectivity index (χ0) is 31.7. The summed E-state index contributed by atoms with van der Waals surface area (Å²) < 4.78 is 10.8. The van der Waals surface area contributed by atoms with E-state index >= 15 is 0 Å². The zero-order valence-electron chi connectivity index (χ0n) is 25.1.